The second kappa shape index (κ2) is 19.6. The summed E-state index contributed by atoms with van der Waals surface area (Å²) in [5, 5.41) is 30.8. The van der Waals surface area contributed by atoms with Gasteiger partial charge in [-0.25, -0.2) is 16.8 Å². The zero-order valence-electron chi connectivity index (χ0n) is 30.3. The third-order valence-electron chi connectivity index (χ3n) is 8.10. The first-order valence-corrected chi connectivity index (χ1v) is 22.9. The molecule has 0 radical (unpaired) electrons. The van der Waals surface area contributed by atoms with Gasteiger partial charge in [-0.05, 0) is 73.5 Å². The summed E-state index contributed by atoms with van der Waals surface area (Å²) < 4.78 is 59.8. The van der Waals surface area contributed by atoms with Gasteiger partial charge in [-0.1, -0.05) is 31.7 Å². The molecule has 0 aliphatic carbocycles. The molecule has 3 N–H and O–H groups in total. The van der Waals surface area contributed by atoms with Crippen molar-refractivity contribution < 1.29 is 26.7 Å². The van der Waals surface area contributed by atoms with Crippen molar-refractivity contribution in [3.8, 4) is 46.2 Å². The van der Waals surface area contributed by atoms with Gasteiger partial charge in [0.15, 0.2) is 0 Å². The highest BCUT2D eigenvalue weighted by molar-refractivity contribution is 9.69. The van der Waals surface area contributed by atoms with Crippen molar-refractivity contribution in [2.75, 3.05) is 29.1 Å². The number of benzene rings is 4. The molecule has 0 aliphatic rings. The normalized spacial score (nSPS) is 10.8. The lowest BCUT2D eigenvalue weighted by Gasteiger charge is -2.10. The van der Waals surface area contributed by atoms with Crippen LogP contribution in [-0.4, -0.2) is 53.9 Å². The molecule has 2 aromatic heterocycles. The van der Waals surface area contributed by atoms with Crippen LogP contribution in [0.2, 0.25) is 0 Å². The number of hydrogen-bond acceptors (Lipinski definition) is 8. The van der Waals surface area contributed by atoms with E-state index in [0.29, 0.717) is 35.6 Å². The minimum Gasteiger partial charge on any atom is -0.508 e. The second-order valence-electron chi connectivity index (χ2n) is 11.9. The highest BCUT2D eigenvalue weighted by Crippen LogP contribution is 2.37. The first-order chi connectivity index (χ1) is 25.9. The summed E-state index contributed by atoms with van der Waals surface area (Å²) in [5.41, 5.74) is 6.97. The number of ether oxygens (including phenoxy) is 1. The highest BCUT2D eigenvalue weighted by atomic mass is 79.9. The van der Waals surface area contributed by atoms with Crippen LogP contribution in [0.5, 0.6) is 11.5 Å². The lowest BCUT2D eigenvalue weighted by molar-refractivity contribution is 0.415. The van der Waals surface area contributed by atoms with Crippen LogP contribution in [0.25, 0.3) is 44.3 Å². The quantitative estimate of drug-likeness (QED) is 0.120. The molecule has 294 valence electrons. The number of methoxy groups -OCH3 is 1. The number of nitriles is 2. The van der Waals surface area contributed by atoms with Crippen molar-refractivity contribution in [1.29, 1.82) is 10.5 Å². The van der Waals surface area contributed by atoms with Crippen LogP contribution in [0.4, 0.5) is 11.4 Å². The molecular weight excluding hydrogens is 951 g/mol. The van der Waals surface area contributed by atoms with E-state index in [2.05, 4.69) is 73.4 Å². The van der Waals surface area contributed by atoms with E-state index in [4.69, 9.17) is 4.74 Å². The van der Waals surface area contributed by atoms with Crippen LogP contribution in [0, 0.1) is 22.7 Å². The van der Waals surface area contributed by atoms with E-state index < -0.39 is 20.0 Å². The molecule has 0 unspecified atom stereocenters. The number of sulfonamides is 2. The molecule has 0 saturated heterocycles. The van der Waals surface area contributed by atoms with Crippen molar-refractivity contribution in [3.63, 3.8) is 0 Å². The van der Waals surface area contributed by atoms with Crippen LogP contribution in [-0.2, 0) is 33.1 Å². The summed E-state index contributed by atoms with van der Waals surface area (Å²) in [6.45, 7) is 5.29. The SMILES string of the molecule is BrB(Br)Br.C.CCn1c(-c2ccc(NS(C)(=O)=O)cc2)c(C#N)c2ccc(O)cc21.CCn1c(-c2ccc(NS(C)(=O)=O)cc2)c(C#N)c2ccc(OC)cc21. The Morgan fingerprint density at radius 2 is 1.07 bits per heavy atom. The fraction of sp³-hybridized carbons (Fsp3) is 0.211. The van der Waals surface area contributed by atoms with Gasteiger partial charge >= 0.3 is 3.18 Å². The number of aromatic nitrogens is 2. The number of nitrogens with zero attached hydrogens (tertiary/aromatic N) is 4. The number of anilines is 2. The van der Waals surface area contributed by atoms with Crippen molar-refractivity contribution in [2.45, 2.75) is 34.4 Å². The largest absolute Gasteiger partial charge is 0.508 e. The van der Waals surface area contributed by atoms with Gasteiger partial charge in [0.05, 0.1) is 53.2 Å². The number of aryl methyl sites for hydroxylation is 2. The smallest absolute Gasteiger partial charge is 0.369 e. The minimum atomic E-state index is -3.34. The summed E-state index contributed by atoms with van der Waals surface area (Å²) in [7, 11) is -5.06. The van der Waals surface area contributed by atoms with Gasteiger partial charge in [0.1, 0.15) is 23.6 Å². The maximum Gasteiger partial charge on any atom is 0.369 e. The van der Waals surface area contributed by atoms with E-state index >= 15 is 0 Å². The zero-order valence-corrected chi connectivity index (χ0v) is 36.7. The topological polar surface area (TPSA) is 179 Å². The van der Waals surface area contributed by atoms with Crippen LogP contribution >= 0.6 is 47.3 Å². The van der Waals surface area contributed by atoms with E-state index in [-0.39, 0.29) is 16.4 Å². The molecule has 56 heavy (non-hydrogen) atoms. The lowest BCUT2D eigenvalue weighted by atomic mass is 10.1. The van der Waals surface area contributed by atoms with E-state index in [1.165, 1.54) is 0 Å². The predicted octanol–water partition coefficient (Wildman–Crippen LogP) is 9.65. The number of aromatic hydroxyl groups is 1. The maximum absolute atomic E-state index is 11.4. The molecule has 0 saturated carbocycles. The van der Waals surface area contributed by atoms with Crippen LogP contribution in [0.15, 0.2) is 84.9 Å². The lowest BCUT2D eigenvalue weighted by Crippen LogP contribution is -2.09. The average Bonchev–Trinajstić information content (AvgIpc) is 3.61. The van der Waals surface area contributed by atoms with Crippen molar-refractivity contribution >= 4 is 104 Å². The number of halogens is 3. The Kier molecular flexibility index (Phi) is 16.1. The fourth-order valence-corrected chi connectivity index (χ4v) is 7.23. The molecule has 0 spiro atoms. The van der Waals surface area contributed by atoms with Crippen LogP contribution in [0.3, 0.4) is 0 Å². The molecule has 0 amide bonds. The standard InChI is InChI=1S/C19H19N3O3S.C18H17N3O3S.CH4.BBr3/c1-4-22-18-11-15(25-2)9-10-16(18)17(12-20)19(22)13-5-7-14(8-6-13)21-26(3,23)24;1-3-21-17-10-14(22)8-9-15(17)16(11-19)18(21)12-4-6-13(7-5-12)20-25(2,23)24;;2-1(3)4/h5-11,21H,4H2,1-3H3;4-10,20,22H,3H2,1-2H3;1H4;. The molecule has 0 fully saturated rings. The minimum absolute atomic E-state index is 0. The van der Waals surface area contributed by atoms with Crippen molar-refractivity contribution in [3.05, 3.63) is 96.1 Å². The third-order valence-corrected chi connectivity index (χ3v) is 9.31. The summed E-state index contributed by atoms with van der Waals surface area (Å²) >= 11 is 9.31. The van der Waals surface area contributed by atoms with Gasteiger partial charge in [0, 0.05) is 47.4 Å². The van der Waals surface area contributed by atoms with Crippen molar-refractivity contribution in [1.82, 2.24) is 9.13 Å². The molecule has 2 heterocycles. The third kappa shape index (κ3) is 11.3. The second-order valence-corrected chi connectivity index (χ2v) is 21.8. The van der Waals surface area contributed by atoms with E-state index in [1.54, 1.807) is 61.7 Å². The first kappa shape index (κ1) is 45.9. The molecule has 0 atom stereocenters. The molecule has 6 rings (SSSR count). The van der Waals surface area contributed by atoms with E-state index in [0.717, 1.165) is 62.6 Å². The average molecular weight is 991 g/mol. The molecule has 4 aromatic carbocycles. The molecule has 0 aliphatic heterocycles. The van der Waals surface area contributed by atoms with Gasteiger partial charge in [0.25, 0.3) is 0 Å². The number of nitrogens with one attached hydrogen (secondary N) is 2. The Morgan fingerprint density at radius 1 is 0.696 bits per heavy atom. The monoisotopic (exact) mass is 988 g/mol. The molecule has 0 bridgehead atoms. The Balaban J connectivity index is 0.000000270. The Hall–Kier alpha value is -4.46. The summed E-state index contributed by atoms with van der Waals surface area (Å²) in [6.07, 6.45) is 2.20. The van der Waals surface area contributed by atoms with E-state index in [1.807, 2.05) is 48.7 Å². The number of phenols is 1. The predicted molar refractivity (Wildman–Crippen MR) is 240 cm³/mol. The molecule has 6 aromatic rings. The number of phenolic OH excluding ortho intramolecular Hbond substituents is 1. The Bertz CT molecular complexity index is 2630. The van der Waals surface area contributed by atoms with Gasteiger partial charge in [-0.15, -0.1) is 47.3 Å². The molecule has 12 nitrogen and oxygen atoms in total. The zero-order chi connectivity index (χ0) is 40.7. The van der Waals surface area contributed by atoms with E-state index in [9.17, 15) is 32.5 Å². The first-order valence-electron chi connectivity index (χ1n) is 16.4. The summed E-state index contributed by atoms with van der Waals surface area (Å²) in [6, 6.07) is 29.0. The van der Waals surface area contributed by atoms with Crippen LogP contribution in [0.1, 0.15) is 32.4 Å². The van der Waals surface area contributed by atoms with Gasteiger partial charge < -0.3 is 19.0 Å². The van der Waals surface area contributed by atoms with Gasteiger partial charge in [-0.2, -0.15) is 10.5 Å². The molecule has 18 heteroatoms. The summed E-state index contributed by atoms with van der Waals surface area (Å²) in [5.74, 6) is 0.872. The molecular formula is C38H40BBr3N6O6S2. The Morgan fingerprint density at radius 3 is 1.41 bits per heavy atom. The van der Waals surface area contributed by atoms with Crippen molar-refractivity contribution in [2.24, 2.45) is 0 Å². The number of hydrogen-bond donors (Lipinski definition) is 3. The van der Waals surface area contributed by atoms with Gasteiger partial charge in [0.2, 0.25) is 20.0 Å². The summed E-state index contributed by atoms with van der Waals surface area (Å²) in [4.78, 5) is 0. The maximum atomic E-state index is 11.4. The fourth-order valence-electron chi connectivity index (χ4n) is 6.10. The Labute approximate surface area is 353 Å². The van der Waals surface area contributed by atoms with Crippen LogP contribution < -0.4 is 14.2 Å². The highest BCUT2D eigenvalue weighted by Gasteiger charge is 2.20. The van der Waals surface area contributed by atoms with Gasteiger partial charge in [-0.3, -0.25) is 9.44 Å². The number of rotatable bonds is 9. The number of fused-ring (bicyclic) bond motifs is 2.